The summed E-state index contributed by atoms with van der Waals surface area (Å²) >= 11 is 3.44. The Bertz CT molecular complexity index is 1390. The van der Waals surface area contributed by atoms with Crippen LogP contribution >= 0.6 is 28.3 Å². The number of hydrogen-bond donors (Lipinski definition) is 4. The summed E-state index contributed by atoms with van der Waals surface area (Å²) in [5.41, 5.74) is 8.04. The van der Waals surface area contributed by atoms with Crippen LogP contribution in [0.25, 0.3) is 11.0 Å². The average Bonchev–Trinajstić information content (AvgIpc) is 2.79. The molecule has 0 radical (unpaired) electrons. The normalized spacial score (nSPS) is 15.3. The number of carbonyl (C=O) groups excluding carboxylic acids is 1. The number of carboxylic acids is 1. The van der Waals surface area contributed by atoms with E-state index in [1.807, 2.05) is 18.2 Å². The molecule has 11 heteroatoms. The van der Waals surface area contributed by atoms with Gasteiger partial charge in [0.05, 0.1) is 23.0 Å². The second-order valence-corrected chi connectivity index (χ2v) is 9.35. The van der Waals surface area contributed by atoms with Gasteiger partial charge in [-0.15, -0.1) is 12.4 Å². The van der Waals surface area contributed by atoms with Crippen molar-refractivity contribution in [2.45, 2.75) is 38.1 Å². The van der Waals surface area contributed by atoms with E-state index in [1.54, 1.807) is 18.2 Å². The number of hydrogen-bond acceptors (Lipinski definition) is 5. The number of aryl methyl sites for hydroxylation is 2. The van der Waals surface area contributed by atoms with E-state index in [9.17, 15) is 19.2 Å². The summed E-state index contributed by atoms with van der Waals surface area (Å²) < 4.78 is 2.22. The molecule has 0 saturated heterocycles. The molecule has 5 N–H and O–H groups in total. The molecule has 1 aliphatic rings. The Morgan fingerprint density at radius 2 is 2.00 bits per heavy atom. The summed E-state index contributed by atoms with van der Waals surface area (Å²) in [5, 5.41) is 11.8. The standard InChI is InChI=1S/C24H25BrN4O5.ClH/c25-15-10-14-8-9-19(29-21(14)18(11-15)28-23(33)24(29)34)16(12-26)22(32)27-17-6-2-1-4-13(17)5-3-7-20(30)31;/h1-2,4,6,10-11,16,19H,3,5,7-9,12,26H2,(H,27,32)(H,28,33)(H,30,31);1H/t16?,19-;/m0./s1. The highest BCUT2D eigenvalue weighted by molar-refractivity contribution is 9.10. The number of para-hydroxylation sites is 1. The summed E-state index contributed by atoms with van der Waals surface area (Å²) in [6.07, 6.45) is 2.08. The van der Waals surface area contributed by atoms with Crippen molar-refractivity contribution >= 4 is 56.9 Å². The van der Waals surface area contributed by atoms with Gasteiger partial charge in [-0.3, -0.25) is 23.7 Å². The minimum absolute atomic E-state index is 0. The highest BCUT2D eigenvalue weighted by atomic mass is 79.9. The molecular weight excluding hydrogens is 540 g/mol. The fourth-order valence-corrected chi connectivity index (χ4v) is 5.20. The van der Waals surface area contributed by atoms with Gasteiger partial charge in [0.25, 0.3) is 0 Å². The lowest BCUT2D eigenvalue weighted by molar-refractivity contribution is -0.137. The van der Waals surface area contributed by atoms with Crippen molar-refractivity contribution in [3.8, 4) is 0 Å². The van der Waals surface area contributed by atoms with E-state index in [0.717, 1.165) is 15.6 Å². The van der Waals surface area contributed by atoms with E-state index < -0.39 is 29.0 Å². The molecule has 0 bridgehead atoms. The largest absolute Gasteiger partial charge is 0.481 e. The van der Waals surface area contributed by atoms with Gasteiger partial charge in [0.15, 0.2) is 0 Å². The smallest absolute Gasteiger partial charge is 0.317 e. The number of aromatic amines is 1. The number of halogens is 2. The van der Waals surface area contributed by atoms with Gasteiger partial charge in [-0.1, -0.05) is 34.1 Å². The topological polar surface area (TPSA) is 147 Å². The Labute approximate surface area is 215 Å². The molecule has 0 spiro atoms. The summed E-state index contributed by atoms with van der Waals surface area (Å²) in [6, 6.07) is 10.3. The van der Waals surface area contributed by atoms with E-state index in [4.69, 9.17) is 10.8 Å². The number of carbonyl (C=O) groups is 2. The zero-order valence-electron chi connectivity index (χ0n) is 18.8. The number of amides is 1. The molecule has 1 aromatic heterocycles. The zero-order valence-corrected chi connectivity index (χ0v) is 21.2. The molecule has 0 saturated carbocycles. The van der Waals surface area contributed by atoms with E-state index in [1.165, 1.54) is 4.57 Å². The van der Waals surface area contributed by atoms with Gasteiger partial charge in [-0.2, -0.15) is 0 Å². The molecule has 0 fully saturated rings. The van der Waals surface area contributed by atoms with Gasteiger partial charge in [0, 0.05) is 23.1 Å². The number of rotatable bonds is 8. The van der Waals surface area contributed by atoms with Crippen LogP contribution < -0.4 is 22.2 Å². The quantitative estimate of drug-likeness (QED) is 0.309. The van der Waals surface area contributed by atoms with Gasteiger partial charge in [-0.05, 0) is 55.0 Å². The third kappa shape index (κ3) is 5.50. The van der Waals surface area contributed by atoms with Crippen molar-refractivity contribution in [3.05, 3.63) is 72.7 Å². The number of carboxylic acid groups (broad SMARTS) is 1. The van der Waals surface area contributed by atoms with Crippen LogP contribution in [0.3, 0.4) is 0 Å². The summed E-state index contributed by atoms with van der Waals surface area (Å²) in [4.78, 5) is 52.2. The Morgan fingerprint density at radius 1 is 1.26 bits per heavy atom. The molecule has 1 unspecified atom stereocenters. The number of H-pyrrole nitrogens is 1. The number of nitrogens with one attached hydrogen (secondary N) is 2. The van der Waals surface area contributed by atoms with E-state index in [0.29, 0.717) is 42.4 Å². The third-order valence-corrected chi connectivity index (χ3v) is 6.72. The molecule has 1 amide bonds. The third-order valence-electron chi connectivity index (χ3n) is 6.26. The first-order valence-corrected chi connectivity index (χ1v) is 11.9. The second kappa shape index (κ2) is 11.2. The molecule has 35 heavy (non-hydrogen) atoms. The van der Waals surface area contributed by atoms with Crippen molar-refractivity contribution in [2.24, 2.45) is 11.7 Å². The first-order valence-electron chi connectivity index (χ1n) is 11.1. The monoisotopic (exact) mass is 564 g/mol. The van der Waals surface area contributed by atoms with Crippen LogP contribution in [0.5, 0.6) is 0 Å². The SMILES string of the molecule is Cl.NCC(C(=O)Nc1ccccc1CCCC(=O)O)[C@@H]1CCc2cc(Br)cc3[nH]c(=O)c(=O)n1c23. The average molecular weight is 566 g/mol. The predicted octanol–water partition coefficient (Wildman–Crippen LogP) is 2.98. The van der Waals surface area contributed by atoms with Gasteiger partial charge in [-0.25, -0.2) is 0 Å². The van der Waals surface area contributed by atoms with Crippen molar-refractivity contribution in [1.29, 1.82) is 0 Å². The van der Waals surface area contributed by atoms with Gasteiger partial charge < -0.3 is 21.1 Å². The molecule has 1 aliphatic heterocycles. The first kappa shape index (κ1) is 26.7. The molecule has 3 aromatic rings. The van der Waals surface area contributed by atoms with Crippen LogP contribution in [-0.4, -0.2) is 33.1 Å². The minimum Gasteiger partial charge on any atom is -0.481 e. The lowest BCUT2D eigenvalue weighted by Crippen LogP contribution is -2.46. The Hall–Kier alpha value is -2.95. The summed E-state index contributed by atoms with van der Waals surface area (Å²) in [6.45, 7) is -0.00965. The summed E-state index contributed by atoms with van der Waals surface area (Å²) in [5.74, 6) is -1.96. The predicted molar refractivity (Wildman–Crippen MR) is 139 cm³/mol. The molecular formula is C24H26BrClN4O5. The molecule has 2 aromatic carbocycles. The maximum absolute atomic E-state index is 13.4. The summed E-state index contributed by atoms with van der Waals surface area (Å²) in [7, 11) is 0. The highest BCUT2D eigenvalue weighted by Gasteiger charge is 2.34. The number of benzene rings is 2. The van der Waals surface area contributed by atoms with Crippen molar-refractivity contribution in [3.63, 3.8) is 0 Å². The van der Waals surface area contributed by atoms with Gasteiger partial charge in [0.1, 0.15) is 0 Å². The zero-order chi connectivity index (χ0) is 24.4. The Kier molecular flexibility index (Phi) is 8.52. The van der Waals surface area contributed by atoms with Crippen LogP contribution in [0.1, 0.15) is 36.4 Å². The number of aliphatic carboxylic acids is 1. The molecule has 0 aliphatic carbocycles. The number of anilines is 1. The van der Waals surface area contributed by atoms with Crippen LogP contribution in [0.4, 0.5) is 5.69 Å². The Morgan fingerprint density at radius 3 is 2.71 bits per heavy atom. The first-order chi connectivity index (χ1) is 16.3. The van der Waals surface area contributed by atoms with Crippen molar-refractivity contribution in [1.82, 2.24) is 9.55 Å². The second-order valence-electron chi connectivity index (χ2n) is 8.43. The number of nitrogens with two attached hydrogens (primary N) is 1. The van der Waals surface area contributed by atoms with Gasteiger partial charge in [0.2, 0.25) is 5.91 Å². The molecule has 2 heterocycles. The fraction of sp³-hybridized carbons (Fsp3) is 0.333. The lowest BCUT2D eigenvalue weighted by atomic mass is 9.88. The molecule has 9 nitrogen and oxygen atoms in total. The van der Waals surface area contributed by atoms with Crippen LogP contribution in [0.15, 0.2) is 50.5 Å². The molecule has 2 atom stereocenters. The fourth-order valence-electron chi connectivity index (χ4n) is 4.70. The highest BCUT2D eigenvalue weighted by Crippen LogP contribution is 2.34. The van der Waals surface area contributed by atoms with E-state index >= 15 is 0 Å². The van der Waals surface area contributed by atoms with Gasteiger partial charge >= 0.3 is 17.1 Å². The molecule has 4 rings (SSSR count). The van der Waals surface area contributed by atoms with Crippen molar-refractivity contribution < 1.29 is 14.7 Å². The number of aromatic nitrogens is 2. The van der Waals surface area contributed by atoms with Crippen molar-refractivity contribution in [2.75, 3.05) is 11.9 Å². The molecule has 186 valence electrons. The Balaban J connectivity index is 0.00000342. The van der Waals surface area contributed by atoms with Crippen LogP contribution in [0.2, 0.25) is 0 Å². The van der Waals surface area contributed by atoms with Crippen LogP contribution in [0, 0.1) is 5.92 Å². The number of nitrogens with zero attached hydrogens (tertiary/aromatic N) is 1. The van der Waals surface area contributed by atoms with Crippen LogP contribution in [-0.2, 0) is 22.4 Å². The lowest BCUT2D eigenvalue weighted by Gasteiger charge is -2.32. The maximum Gasteiger partial charge on any atom is 0.317 e. The maximum atomic E-state index is 13.4. The van der Waals surface area contributed by atoms with E-state index in [2.05, 4.69) is 26.2 Å². The minimum atomic E-state index is -0.871. The van der Waals surface area contributed by atoms with E-state index in [-0.39, 0.29) is 31.3 Å².